The molecule has 1 amide bonds. The van der Waals surface area contributed by atoms with Gasteiger partial charge in [0.2, 0.25) is 17.7 Å². The minimum absolute atomic E-state index is 0.0203. The third kappa shape index (κ3) is 4.54. The van der Waals surface area contributed by atoms with E-state index in [1.54, 1.807) is 42.5 Å². The summed E-state index contributed by atoms with van der Waals surface area (Å²) in [5.41, 5.74) is 2.21. The van der Waals surface area contributed by atoms with Gasteiger partial charge in [-0.15, -0.1) is 0 Å². The number of hydrogen-bond donors (Lipinski definition) is 1. The molecular weight excluding hydrogens is 518 g/mol. The molecule has 0 aliphatic heterocycles. The van der Waals surface area contributed by atoms with Crippen molar-refractivity contribution in [3.8, 4) is 17.5 Å². The fraction of sp³-hybridized carbons (Fsp3) is 0.276. The Balaban J connectivity index is 1.62. The van der Waals surface area contributed by atoms with Crippen molar-refractivity contribution in [2.24, 2.45) is 0 Å². The van der Waals surface area contributed by atoms with Crippen LogP contribution in [0.4, 0.5) is 0 Å². The number of nitrogens with zero attached hydrogens (tertiary/aromatic N) is 2. The van der Waals surface area contributed by atoms with Crippen molar-refractivity contribution in [3.05, 3.63) is 83.0 Å². The van der Waals surface area contributed by atoms with Crippen LogP contribution >= 0.6 is 0 Å². The van der Waals surface area contributed by atoms with Gasteiger partial charge >= 0.3 is 0 Å². The maximum Gasteiger partial charge on any atom is 0.264 e. The minimum atomic E-state index is -4.26. The summed E-state index contributed by atoms with van der Waals surface area (Å²) in [5.74, 6) is 0.0710. The predicted octanol–water partition coefficient (Wildman–Crippen LogP) is 4.20. The van der Waals surface area contributed by atoms with Gasteiger partial charge in [-0.3, -0.25) is 9.78 Å². The molecule has 10 heteroatoms. The zero-order chi connectivity index (χ0) is 27.9. The molecule has 9 nitrogen and oxygen atoms in total. The number of carbonyl (C=O) groups excluding carboxylic acids is 1. The number of carbonyl (C=O) groups is 1. The van der Waals surface area contributed by atoms with Crippen molar-refractivity contribution in [1.82, 2.24) is 14.7 Å². The Morgan fingerprint density at radius 1 is 0.949 bits per heavy atom. The SMILES string of the molecule is COc1ccc([C@H]2C[C@@]2(C(=O)NS(=O)(=O)c2cccc3nc(C)ccc23)c2cc(C)ccc2OC)c(OC)n1. The standard InChI is InChI=1S/C29H29N3O6S/c1-17-9-13-24(36-3)21(15-17)29(16-22(29)19-12-14-26(37-4)31-27(19)38-5)28(33)32-39(34,35)25-8-6-7-23-20(25)11-10-18(2)30-23/h6-15,22H,16H2,1-5H3,(H,32,33)/t22-,29-/m1/s1. The van der Waals surface area contributed by atoms with Crippen molar-refractivity contribution >= 4 is 26.8 Å². The second-order valence-electron chi connectivity index (χ2n) is 9.59. The number of fused-ring (bicyclic) bond motifs is 1. The highest BCUT2D eigenvalue weighted by Crippen LogP contribution is 2.64. The second-order valence-corrected chi connectivity index (χ2v) is 11.2. The quantitative estimate of drug-likeness (QED) is 0.349. The highest BCUT2D eigenvalue weighted by molar-refractivity contribution is 7.90. The fourth-order valence-corrected chi connectivity index (χ4v) is 6.44. The monoisotopic (exact) mass is 547 g/mol. The van der Waals surface area contributed by atoms with Gasteiger partial charge in [0.25, 0.3) is 10.0 Å². The number of benzene rings is 2. The summed E-state index contributed by atoms with van der Waals surface area (Å²) >= 11 is 0. The summed E-state index contributed by atoms with van der Waals surface area (Å²) in [6.07, 6.45) is 0.328. The lowest BCUT2D eigenvalue weighted by molar-refractivity contribution is -0.122. The van der Waals surface area contributed by atoms with E-state index < -0.39 is 27.3 Å². The van der Waals surface area contributed by atoms with E-state index in [0.29, 0.717) is 46.0 Å². The van der Waals surface area contributed by atoms with Gasteiger partial charge in [0.1, 0.15) is 5.75 Å². The maximum absolute atomic E-state index is 14.1. The van der Waals surface area contributed by atoms with Crippen molar-refractivity contribution < 1.29 is 27.4 Å². The van der Waals surface area contributed by atoms with Gasteiger partial charge in [0.05, 0.1) is 37.2 Å². The average Bonchev–Trinajstić information content (AvgIpc) is 3.68. The van der Waals surface area contributed by atoms with E-state index in [2.05, 4.69) is 14.7 Å². The zero-order valence-electron chi connectivity index (χ0n) is 22.3. The third-order valence-electron chi connectivity index (χ3n) is 7.19. The van der Waals surface area contributed by atoms with Crippen molar-refractivity contribution in [2.75, 3.05) is 21.3 Å². The summed E-state index contributed by atoms with van der Waals surface area (Å²) in [6, 6.07) is 17.3. The van der Waals surface area contributed by atoms with Crippen LogP contribution in [0.15, 0.2) is 65.6 Å². The highest BCUT2D eigenvalue weighted by Gasteiger charge is 2.64. The summed E-state index contributed by atoms with van der Waals surface area (Å²) < 4.78 is 46.1. The molecule has 5 rings (SSSR count). The molecule has 0 saturated heterocycles. The Morgan fingerprint density at radius 2 is 1.74 bits per heavy atom. The van der Waals surface area contributed by atoms with E-state index in [4.69, 9.17) is 14.2 Å². The minimum Gasteiger partial charge on any atom is -0.496 e. The summed E-state index contributed by atoms with van der Waals surface area (Å²) in [6.45, 7) is 3.74. The number of hydrogen-bond acceptors (Lipinski definition) is 8. The van der Waals surface area contributed by atoms with Crippen molar-refractivity contribution in [3.63, 3.8) is 0 Å². The van der Waals surface area contributed by atoms with E-state index in [1.807, 2.05) is 26.0 Å². The molecule has 1 saturated carbocycles. The third-order valence-corrected chi connectivity index (χ3v) is 8.58. The van der Waals surface area contributed by atoms with Gasteiger partial charge in [0, 0.05) is 34.2 Å². The molecule has 1 fully saturated rings. The second kappa shape index (κ2) is 9.85. The number of nitrogens with one attached hydrogen (secondary N) is 1. The largest absolute Gasteiger partial charge is 0.496 e. The van der Waals surface area contributed by atoms with Crippen LogP contribution in [-0.2, 0) is 20.2 Å². The molecule has 4 aromatic rings. The zero-order valence-corrected chi connectivity index (χ0v) is 23.1. The van der Waals surface area contributed by atoms with Crippen LogP contribution in [0.1, 0.15) is 34.7 Å². The summed E-state index contributed by atoms with van der Waals surface area (Å²) in [7, 11) is 0.256. The summed E-state index contributed by atoms with van der Waals surface area (Å²) in [5, 5.41) is 0.430. The molecule has 0 unspecified atom stereocenters. The van der Waals surface area contributed by atoms with E-state index in [-0.39, 0.29) is 4.90 Å². The van der Waals surface area contributed by atoms with E-state index in [9.17, 15) is 13.2 Å². The van der Waals surface area contributed by atoms with Gasteiger partial charge in [-0.25, -0.2) is 13.1 Å². The topological polar surface area (TPSA) is 117 Å². The lowest BCUT2D eigenvalue weighted by Gasteiger charge is -2.22. The summed E-state index contributed by atoms with van der Waals surface area (Å²) in [4.78, 5) is 22.9. The maximum atomic E-state index is 14.1. The number of rotatable bonds is 8. The van der Waals surface area contributed by atoms with E-state index >= 15 is 0 Å². The van der Waals surface area contributed by atoms with Crippen LogP contribution in [-0.4, -0.2) is 45.6 Å². The van der Waals surface area contributed by atoms with Gasteiger partial charge in [-0.05, 0) is 56.7 Å². The Morgan fingerprint density at radius 3 is 2.46 bits per heavy atom. The van der Waals surface area contributed by atoms with E-state index in [1.165, 1.54) is 27.4 Å². The normalized spacial score (nSPS) is 18.4. The number of pyridine rings is 2. The Bertz CT molecular complexity index is 1710. The van der Waals surface area contributed by atoms with Gasteiger partial charge in [0.15, 0.2) is 0 Å². The van der Waals surface area contributed by atoms with Crippen LogP contribution in [0.5, 0.6) is 17.5 Å². The molecule has 39 heavy (non-hydrogen) atoms. The van der Waals surface area contributed by atoms with Crippen LogP contribution in [0, 0.1) is 13.8 Å². The molecule has 1 aliphatic rings. The lowest BCUT2D eigenvalue weighted by Crippen LogP contribution is -2.40. The number of amides is 1. The fourth-order valence-electron chi connectivity index (χ4n) is 5.19. The molecule has 0 radical (unpaired) electrons. The number of ether oxygens (including phenoxy) is 3. The molecule has 2 aromatic heterocycles. The Kier molecular flexibility index (Phi) is 6.67. The highest BCUT2D eigenvalue weighted by atomic mass is 32.2. The van der Waals surface area contributed by atoms with E-state index in [0.717, 1.165) is 11.3 Å². The van der Waals surface area contributed by atoms with Crippen molar-refractivity contribution in [1.29, 1.82) is 0 Å². The van der Waals surface area contributed by atoms with Gasteiger partial charge in [-0.2, -0.15) is 4.98 Å². The lowest BCUT2D eigenvalue weighted by atomic mass is 9.88. The van der Waals surface area contributed by atoms with Gasteiger partial charge < -0.3 is 14.2 Å². The molecule has 1 aliphatic carbocycles. The molecule has 2 heterocycles. The molecule has 0 bridgehead atoms. The average molecular weight is 548 g/mol. The van der Waals surface area contributed by atoms with Crippen LogP contribution < -0.4 is 18.9 Å². The first-order chi connectivity index (χ1) is 18.6. The van der Waals surface area contributed by atoms with Crippen LogP contribution in [0.25, 0.3) is 10.9 Å². The number of sulfonamides is 1. The number of aryl methyl sites for hydroxylation is 2. The smallest absolute Gasteiger partial charge is 0.264 e. The molecule has 1 N–H and O–H groups in total. The Hall–Kier alpha value is -4.18. The molecule has 2 atom stereocenters. The van der Waals surface area contributed by atoms with Crippen LogP contribution in [0.2, 0.25) is 0 Å². The first-order valence-corrected chi connectivity index (χ1v) is 13.8. The first kappa shape index (κ1) is 26.4. The van der Waals surface area contributed by atoms with Crippen molar-refractivity contribution in [2.45, 2.75) is 36.5 Å². The number of aromatic nitrogens is 2. The predicted molar refractivity (Wildman–Crippen MR) is 146 cm³/mol. The molecule has 0 spiro atoms. The number of methoxy groups -OCH3 is 3. The Labute approximate surface area is 227 Å². The molecule has 2 aromatic carbocycles. The molecule has 202 valence electrons. The molecular formula is C29H29N3O6S. The van der Waals surface area contributed by atoms with Crippen LogP contribution in [0.3, 0.4) is 0 Å². The first-order valence-electron chi connectivity index (χ1n) is 12.3. The van der Waals surface area contributed by atoms with Gasteiger partial charge in [-0.1, -0.05) is 23.8 Å².